The number of pyridine rings is 1. The Morgan fingerprint density at radius 1 is 0.939 bits per heavy atom. The molecule has 7 rings (SSSR count). The molecule has 3 aromatic carbocycles. The van der Waals surface area contributed by atoms with E-state index >= 15 is 4.39 Å². The van der Waals surface area contributed by atoms with Gasteiger partial charge >= 0.3 is 0 Å². The number of halogens is 2. The Morgan fingerprint density at radius 2 is 1.73 bits per heavy atom. The molecule has 0 atom stereocenters. The van der Waals surface area contributed by atoms with E-state index in [1.807, 2.05) is 35.9 Å². The quantitative estimate of drug-likeness (QED) is 0.207. The van der Waals surface area contributed by atoms with Gasteiger partial charge < -0.3 is 19.4 Å². The number of anilines is 1. The maximum absolute atomic E-state index is 15.5. The first-order valence-corrected chi connectivity index (χ1v) is 14.9. The largest absolute Gasteiger partial charge is 0.497 e. The number of aromatic nitrogens is 7. The van der Waals surface area contributed by atoms with Gasteiger partial charge in [0.2, 0.25) is 0 Å². The summed E-state index contributed by atoms with van der Waals surface area (Å²) in [4.78, 5) is 34.9. The number of benzene rings is 3. The predicted molar refractivity (Wildman–Crippen MR) is 176 cm³/mol. The minimum Gasteiger partial charge on any atom is -0.497 e. The Bertz CT molecular complexity index is 2390. The van der Waals surface area contributed by atoms with Crippen LogP contribution in [0.2, 0.25) is 0 Å². The molecule has 0 unspecified atom stereocenters. The summed E-state index contributed by atoms with van der Waals surface area (Å²) in [5, 5.41) is 11.9. The number of hydrogen-bond acceptors (Lipinski definition) is 8. The van der Waals surface area contributed by atoms with Crippen LogP contribution in [0.4, 0.5) is 14.5 Å². The fourth-order valence-electron chi connectivity index (χ4n) is 5.26. The molecule has 7 aromatic rings. The molecule has 0 radical (unpaired) electrons. The molecule has 0 aliphatic rings. The van der Waals surface area contributed by atoms with E-state index in [4.69, 9.17) is 14.6 Å². The minimum atomic E-state index is -0.780. The number of nitrogens with one attached hydrogen (secondary N) is 1. The van der Waals surface area contributed by atoms with Gasteiger partial charge in [0.05, 0.1) is 42.9 Å². The number of aryl methyl sites for hydroxylation is 1. The summed E-state index contributed by atoms with van der Waals surface area (Å²) < 4.78 is 44.8. The highest BCUT2D eigenvalue weighted by atomic mass is 19.1. The Balaban J connectivity index is 1.17. The van der Waals surface area contributed by atoms with Crippen molar-refractivity contribution in [3.05, 3.63) is 137 Å². The molecule has 0 bridgehead atoms. The summed E-state index contributed by atoms with van der Waals surface area (Å²) in [6.07, 6.45) is 6.14. The smallest absolute Gasteiger partial charge is 0.284 e. The lowest BCUT2D eigenvalue weighted by Crippen LogP contribution is -2.29. The number of methoxy groups -OCH3 is 1. The van der Waals surface area contributed by atoms with E-state index in [2.05, 4.69) is 20.4 Å². The van der Waals surface area contributed by atoms with Crippen molar-refractivity contribution in [2.24, 2.45) is 7.05 Å². The zero-order chi connectivity index (χ0) is 34.1. The number of fused-ring (bicyclic) bond motifs is 1. The van der Waals surface area contributed by atoms with Crippen LogP contribution in [0.15, 0.2) is 109 Å². The third-order valence-electron chi connectivity index (χ3n) is 7.72. The average Bonchev–Trinajstić information content (AvgIpc) is 3.70. The zero-order valence-electron chi connectivity index (χ0n) is 26.0. The molecule has 0 saturated carbocycles. The van der Waals surface area contributed by atoms with E-state index in [0.29, 0.717) is 34.7 Å². The first kappa shape index (κ1) is 30.9. The molecule has 0 fully saturated rings. The monoisotopic (exact) mass is 660 g/mol. The molecule has 0 saturated heterocycles. The predicted octanol–water partition coefficient (Wildman–Crippen LogP) is 5.76. The number of carbonyl (C=O) groups excluding carboxylic acids is 1. The van der Waals surface area contributed by atoms with Gasteiger partial charge in [-0.15, -0.1) is 0 Å². The van der Waals surface area contributed by atoms with Gasteiger partial charge in [0.1, 0.15) is 28.6 Å². The van der Waals surface area contributed by atoms with Crippen molar-refractivity contribution in [3.63, 3.8) is 0 Å². The third kappa shape index (κ3) is 6.10. The van der Waals surface area contributed by atoms with Crippen LogP contribution in [0, 0.1) is 11.6 Å². The number of hydrogen-bond donors (Lipinski definition) is 1. The van der Waals surface area contributed by atoms with Gasteiger partial charge in [0, 0.05) is 31.2 Å². The van der Waals surface area contributed by atoms with Crippen LogP contribution < -0.4 is 20.3 Å². The number of carbonyl (C=O) groups is 1. The van der Waals surface area contributed by atoms with Crippen LogP contribution in [0.1, 0.15) is 15.9 Å². The number of nitrogens with zero attached hydrogens (tertiary/aromatic N) is 7. The standard InChI is InChI=1S/C35H26F2N8O4/c1-43-20-38-18-28(43)32-31-30(14-15-39-33(31)44(42-32)19-21-3-10-25(48-2)11-4-21)49-29-12-7-23(17-27(29)37)41-34(46)26-13-16-40-45(35(26)47)24-8-5-22(36)6-9-24/h3-18,20H,19H2,1-2H3,(H,41,46). The second-order valence-electron chi connectivity index (χ2n) is 10.9. The van der Waals surface area contributed by atoms with Gasteiger partial charge in [-0.25, -0.2) is 23.4 Å². The van der Waals surface area contributed by atoms with Crippen LogP contribution in [0.3, 0.4) is 0 Å². The van der Waals surface area contributed by atoms with E-state index in [0.717, 1.165) is 22.1 Å². The Morgan fingerprint density at radius 3 is 2.45 bits per heavy atom. The first-order valence-electron chi connectivity index (χ1n) is 14.9. The molecule has 0 aliphatic carbocycles. The molecule has 4 aromatic heterocycles. The summed E-state index contributed by atoms with van der Waals surface area (Å²) in [6, 6.07) is 19.4. The number of ether oxygens (including phenoxy) is 2. The molecule has 1 amide bonds. The van der Waals surface area contributed by atoms with Crippen molar-refractivity contribution >= 4 is 22.6 Å². The van der Waals surface area contributed by atoms with Crippen molar-refractivity contribution < 1.29 is 23.0 Å². The third-order valence-corrected chi connectivity index (χ3v) is 7.72. The van der Waals surface area contributed by atoms with Crippen LogP contribution in [0.25, 0.3) is 28.1 Å². The lowest BCUT2D eigenvalue weighted by Gasteiger charge is -2.11. The van der Waals surface area contributed by atoms with E-state index in [9.17, 15) is 14.0 Å². The van der Waals surface area contributed by atoms with Crippen molar-refractivity contribution in [2.45, 2.75) is 6.54 Å². The zero-order valence-corrected chi connectivity index (χ0v) is 26.0. The van der Waals surface area contributed by atoms with Gasteiger partial charge in [0.25, 0.3) is 11.5 Å². The average molecular weight is 661 g/mol. The van der Waals surface area contributed by atoms with Crippen LogP contribution in [-0.4, -0.2) is 47.1 Å². The summed E-state index contributed by atoms with van der Waals surface area (Å²) >= 11 is 0. The molecular formula is C35H26F2N8O4. The lowest BCUT2D eigenvalue weighted by molar-refractivity contribution is 0.102. The van der Waals surface area contributed by atoms with Crippen LogP contribution in [0.5, 0.6) is 17.2 Å². The van der Waals surface area contributed by atoms with Gasteiger partial charge in [-0.2, -0.15) is 14.9 Å². The van der Waals surface area contributed by atoms with Gasteiger partial charge in [-0.3, -0.25) is 9.59 Å². The van der Waals surface area contributed by atoms with E-state index in [-0.39, 0.29) is 22.7 Å². The van der Waals surface area contributed by atoms with Crippen LogP contribution >= 0.6 is 0 Å². The first-order chi connectivity index (χ1) is 23.8. The van der Waals surface area contributed by atoms with Crippen molar-refractivity contribution in [3.8, 4) is 34.3 Å². The van der Waals surface area contributed by atoms with Crippen molar-refractivity contribution in [1.29, 1.82) is 0 Å². The number of imidazole rings is 1. The van der Waals surface area contributed by atoms with E-state index in [1.165, 1.54) is 48.7 Å². The summed E-state index contributed by atoms with van der Waals surface area (Å²) in [5.74, 6) is -1.12. The van der Waals surface area contributed by atoms with Crippen molar-refractivity contribution in [1.82, 2.24) is 34.1 Å². The normalized spacial score (nSPS) is 11.1. The molecule has 49 heavy (non-hydrogen) atoms. The summed E-state index contributed by atoms with van der Waals surface area (Å²) in [5.41, 5.74) is 2.10. The molecular weight excluding hydrogens is 634 g/mol. The Hall–Kier alpha value is -6.70. The highest BCUT2D eigenvalue weighted by Gasteiger charge is 2.22. The van der Waals surface area contributed by atoms with Gasteiger partial charge in [-0.1, -0.05) is 12.1 Å². The number of rotatable bonds is 9. The van der Waals surface area contributed by atoms with Gasteiger partial charge in [0.15, 0.2) is 17.2 Å². The fraction of sp³-hybridized carbons (Fsp3) is 0.0857. The summed E-state index contributed by atoms with van der Waals surface area (Å²) in [7, 11) is 3.44. The fourth-order valence-corrected chi connectivity index (χ4v) is 5.26. The minimum absolute atomic E-state index is 0.0853. The highest BCUT2D eigenvalue weighted by Crippen LogP contribution is 2.37. The second kappa shape index (κ2) is 12.8. The van der Waals surface area contributed by atoms with Gasteiger partial charge in [-0.05, 0) is 66.2 Å². The van der Waals surface area contributed by atoms with E-state index in [1.54, 1.807) is 36.6 Å². The molecule has 0 aliphatic heterocycles. The van der Waals surface area contributed by atoms with Crippen molar-refractivity contribution in [2.75, 3.05) is 12.4 Å². The topological polar surface area (TPSA) is 131 Å². The SMILES string of the molecule is COc1ccc(Cn2nc(-c3cncn3C)c3c(Oc4ccc(NC(=O)c5ccnn(-c6ccc(F)cc6)c5=O)cc4F)ccnc32)cc1. The maximum atomic E-state index is 15.5. The number of amides is 1. The lowest BCUT2D eigenvalue weighted by atomic mass is 10.2. The Kier molecular flexibility index (Phi) is 8.10. The summed E-state index contributed by atoms with van der Waals surface area (Å²) in [6.45, 7) is 0.393. The highest BCUT2D eigenvalue weighted by molar-refractivity contribution is 6.04. The second-order valence-corrected chi connectivity index (χ2v) is 10.9. The molecule has 14 heteroatoms. The maximum Gasteiger partial charge on any atom is 0.284 e. The molecule has 244 valence electrons. The molecule has 0 spiro atoms. The molecule has 4 heterocycles. The van der Waals surface area contributed by atoms with Crippen LogP contribution in [-0.2, 0) is 13.6 Å². The Labute approximate surface area is 276 Å². The molecule has 1 N–H and O–H groups in total. The molecule has 12 nitrogen and oxygen atoms in total. The van der Waals surface area contributed by atoms with E-state index < -0.39 is 23.1 Å².